The number of thiophene rings is 1. The Morgan fingerprint density at radius 3 is 1.67 bits per heavy atom. The molecular formula is C59H63BN2OS. The molecule has 6 aromatic carbocycles. The fourth-order valence-electron chi connectivity index (χ4n) is 11.8. The first kappa shape index (κ1) is 41.6. The predicted octanol–water partition coefficient (Wildman–Crippen LogP) is 14.7. The maximum absolute atomic E-state index is 7.21. The molecule has 0 saturated carbocycles. The van der Waals surface area contributed by atoms with E-state index in [1.165, 1.54) is 110 Å². The van der Waals surface area contributed by atoms with E-state index in [-0.39, 0.29) is 28.4 Å². The predicted molar refractivity (Wildman–Crippen MR) is 277 cm³/mol. The van der Waals surface area contributed by atoms with Crippen LogP contribution >= 0.6 is 11.3 Å². The molecule has 4 aliphatic rings. The van der Waals surface area contributed by atoms with Crippen molar-refractivity contribution in [3.05, 3.63) is 148 Å². The number of anilines is 6. The Kier molecular flexibility index (Phi) is 8.48. The molecular weight excluding hydrogens is 796 g/mol. The summed E-state index contributed by atoms with van der Waals surface area (Å²) in [6.45, 7) is 34.8. The Bertz CT molecular complexity index is 3110. The number of benzene rings is 6. The summed E-state index contributed by atoms with van der Waals surface area (Å²) in [4.78, 5) is 5.26. The smallest absolute Gasteiger partial charge is 0.264 e. The molecule has 1 aromatic heterocycles. The van der Waals surface area contributed by atoms with Gasteiger partial charge < -0.3 is 14.5 Å². The Labute approximate surface area is 386 Å². The van der Waals surface area contributed by atoms with Crippen LogP contribution in [0.2, 0.25) is 0 Å². The summed E-state index contributed by atoms with van der Waals surface area (Å²) in [5.74, 6) is 0. The first-order valence-electron chi connectivity index (χ1n) is 23.5. The van der Waals surface area contributed by atoms with Crippen LogP contribution in [-0.4, -0.2) is 6.71 Å². The monoisotopic (exact) mass is 858 g/mol. The van der Waals surface area contributed by atoms with E-state index >= 15 is 0 Å². The van der Waals surface area contributed by atoms with Crippen LogP contribution in [0.1, 0.15) is 143 Å². The van der Waals surface area contributed by atoms with E-state index in [2.05, 4.69) is 223 Å². The van der Waals surface area contributed by atoms with E-state index in [9.17, 15) is 0 Å². The molecule has 3 nitrogen and oxygen atoms in total. The van der Waals surface area contributed by atoms with E-state index < -0.39 is 11.2 Å². The fraction of sp³-hybridized carbons (Fsp3) is 0.356. The maximum Gasteiger partial charge on any atom is 0.264 e. The molecule has 0 atom stereocenters. The number of fused-ring (bicyclic) bond motifs is 11. The third-order valence-corrected chi connectivity index (χ3v) is 16.3. The van der Waals surface area contributed by atoms with Gasteiger partial charge in [0.05, 0.1) is 16.9 Å². The van der Waals surface area contributed by atoms with E-state index in [0.717, 1.165) is 0 Å². The van der Waals surface area contributed by atoms with Crippen molar-refractivity contribution in [2.75, 3.05) is 9.80 Å². The molecule has 324 valence electrons. The lowest BCUT2D eigenvalue weighted by atomic mass is 9.35. The maximum atomic E-state index is 7.21. The Balaban J connectivity index is 1.30. The largest absolute Gasteiger partial charge is 0.360 e. The molecule has 0 saturated heterocycles. The molecule has 64 heavy (non-hydrogen) atoms. The molecule has 0 spiro atoms. The van der Waals surface area contributed by atoms with Crippen molar-refractivity contribution in [1.29, 1.82) is 0 Å². The second kappa shape index (κ2) is 13.0. The summed E-state index contributed by atoms with van der Waals surface area (Å²) in [6.07, 6.45) is 0. The molecule has 3 aliphatic heterocycles. The number of ether oxygens (including phenoxy) is 1. The van der Waals surface area contributed by atoms with Crippen LogP contribution in [0.15, 0.2) is 109 Å². The van der Waals surface area contributed by atoms with Gasteiger partial charge in [-0.2, -0.15) is 0 Å². The van der Waals surface area contributed by atoms with Gasteiger partial charge in [-0.25, -0.2) is 0 Å². The number of rotatable bonds is 2. The van der Waals surface area contributed by atoms with Gasteiger partial charge in [-0.3, -0.25) is 0 Å². The Hall–Kier alpha value is -5.10. The van der Waals surface area contributed by atoms with Crippen LogP contribution in [-0.2, 0) is 37.6 Å². The minimum atomic E-state index is -0.542. The highest BCUT2D eigenvalue weighted by Crippen LogP contribution is 2.58. The molecule has 0 radical (unpaired) electrons. The van der Waals surface area contributed by atoms with Gasteiger partial charge in [0.15, 0.2) is 0 Å². The summed E-state index contributed by atoms with van der Waals surface area (Å²) in [5.41, 5.74) is 21.1. The molecule has 0 amide bonds. The van der Waals surface area contributed by atoms with Crippen LogP contribution < -0.4 is 25.5 Å². The zero-order chi connectivity index (χ0) is 45.4. The lowest BCUT2D eigenvalue weighted by Gasteiger charge is -2.45. The minimum absolute atomic E-state index is 0.00449. The van der Waals surface area contributed by atoms with Gasteiger partial charge in [-0.15, -0.1) is 11.3 Å². The summed E-state index contributed by atoms with van der Waals surface area (Å²) in [7, 11) is 0. The highest BCUT2D eigenvalue weighted by molar-refractivity contribution is 7.33. The zero-order valence-corrected chi connectivity index (χ0v) is 41.5. The fourth-order valence-corrected chi connectivity index (χ4v) is 13.1. The molecule has 11 rings (SSSR count). The number of hydrogen-bond donors (Lipinski definition) is 0. The highest BCUT2D eigenvalue weighted by Gasteiger charge is 2.53. The van der Waals surface area contributed by atoms with E-state index in [4.69, 9.17) is 4.74 Å². The summed E-state index contributed by atoms with van der Waals surface area (Å²) in [5, 5.41) is 1.32. The lowest BCUT2D eigenvalue weighted by Crippen LogP contribution is -2.61. The van der Waals surface area contributed by atoms with Crippen LogP contribution in [0, 0.1) is 0 Å². The second-order valence-electron chi connectivity index (χ2n) is 23.8. The van der Waals surface area contributed by atoms with E-state index in [1.807, 2.05) is 11.3 Å². The third kappa shape index (κ3) is 5.81. The van der Waals surface area contributed by atoms with Crippen molar-refractivity contribution in [3.63, 3.8) is 0 Å². The van der Waals surface area contributed by atoms with Crippen molar-refractivity contribution in [2.24, 2.45) is 0 Å². The van der Waals surface area contributed by atoms with Crippen molar-refractivity contribution in [2.45, 2.75) is 137 Å². The van der Waals surface area contributed by atoms with Gasteiger partial charge in [0.25, 0.3) is 6.71 Å². The average molecular weight is 859 g/mol. The quantitative estimate of drug-likeness (QED) is 0.161. The number of nitrogens with zero attached hydrogens (tertiary/aromatic N) is 2. The molecule has 1 aliphatic carbocycles. The molecule has 5 heteroatoms. The van der Waals surface area contributed by atoms with Crippen LogP contribution in [0.5, 0.6) is 0 Å². The average Bonchev–Trinajstić information content (AvgIpc) is 3.76. The first-order chi connectivity index (χ1) is 29.9. The van der Waals surface area contributed by atoms with Gasteiger partial charge in [-0.05, 0) is 148 Å². The number of hydrogen-bond acceptors (Lipinski definition) is 4. The standard InChI is InChI=1S/C59H63BN2OS/c1-54(2,3)34-20-25-37(26-21-34)61-46-29-24-36(56(7,8)9)30-45(46)60-50-47(32-44-49(52(50)61)59(14,15)63-58(44,12)13)62(38-27-22-35(23-28-38)55(4,5)6)51-41-31-40-39-18-16-17-19-42(39)57(10,11)43(40)33-48(41)64-53(51)60/h16-33H,1-15H3. The normalized spacial score (nSPS) is 17.5. The Morgan fingerprint density at radius 1 is 0.516 bits per heavy atom. The summed E-state index contributed by atoms with van der Waals surface area (Å²) >= 11 is 2.01. The zero-order valence-electron chi connectivity index (χ0n) is 40.7. The second-order valence-corrected chi connectivity index (χ2v) is 24.9. The first-order valence-corrected chi connectivity index (χ1v) is 24.3. The van der Waals surface area contributed by atoms with Gasteiger partial charge in [0, 0.05) is 54.3 Å². The molecule has 0 unspecified atom stereocenters. The van der Waals surface area contributed by atoms with Crippen LogP contribution in [0.4, 0.5) is 34.1 Å². The van der Waals surface area contributed by atoms with Gasteiger partial charge in [0.1, 0.15) is 0 Å². The molecule has 4 heterocycles. The summed E-state index contributed by atoms with van der Waals surface area (Å²) in [6, 6.07) is 43.0. The molecule has 0 bridgehead atoms. The van der Waals surface area contributed by atoms with Crippen LogP contribution in [0.3, 0.4) is 0 Å². The minimum Gasteiger partial charge on any atom is -0.360 e. The Morgan fingerprint density at radius 2 is 1.08 bits per heavy atom. The van der Waals surface area contributed by atoms with Crippen LogP contribution in [0.25, 0.3) is 21.2 Å². The third-order valence-electron chi connectivity index (χ3n) is 15.1. The van der Waals surface area contributed by atoms with Gasteiger partial charge in [0.2, 0.25) is 0 Å². The van der Waals surface area contributed by atoms with E-state index in [0.29, 0.717) is 0 Å². The molecule has 0 fully saturated rings. The topological polar surface area (TPSA) is 15.7 Å². The summed E-state index contributed by atoms with van der Waals surface area (Å²) < 4.78 is 9.97. The van der Waals surface area contributed by atoms with Crippen molar-refractivity contribution < 1.29 is 4.74 Å². The van der Waals surface area contributed by atoms with Gasteiger partial charge in [-0.1, -0.05) is 137 Å². The van der Waals surface area contributed by atoms with Crippen molar-refractivity contribution in [1.82, 2.24) is 0 Å². The van der Waals surface area contributed by atoms with Crippen molar-refractivity contribution >= 4 is 78.0 Å². The van der Waals surface area contributed by atoms with Gasteiger partial charge >= 0.3 is 0 Å². The lowest BCUT2D eigenvalue weighted by molar-refractivity contribution is -0.105. The molecule has 7 aromatic rings. The SMILES string of the molecule is CC(C)(C)c1ccc(N2c3ccc(C(C)(C)C)cc3B3c4sc5cc6c(cc5c4N(c4ccc(C(C)(C)C)cc4)c4cc5c(c2c43)C(C)(C)OC5(C)C)-c2ccccc2C6(C)C)cc1. The molecule has 0 N–H and O–H groups in total. The van der Waals surface area contributed by atoms with E-state index in [1.54, 1.807) is 0 Å². The van der Waals surface area contributed by atoms with Crippen molar-refractivity contribution in [3.8, 4) is 11.1 Å². The highest BCUT2D eigenvalue weighted by atomic mass is 32.1.